The molecule has 1 fully saturated rings. The lowest BCUT2D eigenvalue weighted by Gasteiger charge is -2.33. The molecule has 0 unspecified atom stereocenters. The summed E-state index contributed by atoms with van der Waals surface area (Å²) in [5.41, 5.74) is 1.22. The van der Waals surface area contributed by atoms with E-state index in [0.29, 0.717) is 0 Å². The van der Waals surface area contributed by atoms with Gasteiger partial charge in [-0.05, 0) is 50.9 Å². The van der Waals surface area contributed by atoms with Gasteiger partial charge in [0, 0.05) is 45.8 Å². The molecule has 0 bridgehead atoms. The minimum atomic E-state index is 0. The van der Waals surface area contributed by atoms with Crippen molar-refractivity contribution in [3.63, 3.8) is 0 Å². The molecule has 2 rings (SSSR count). The van der Waals surface area contributed by atoms with Crippen molar-refractivity contribution in [1.82, 2.24) is 20.4 Å². The SMILES string of the molecule is CCNC(=NCCCCN1CCN(CC)CC1)NCCc1ccccc1OC.I. The number of hydrogen-bond acceptors (Lipinski definition) is 4. The van der Waals surface area contributed by atoms with Gasteiger partial charge in [0.1, 0.15) is 5.75 Å². The van der Waals surface area contributed by atoms with Crippen LogP contribution < -0.4 is 15.4 Å². The van der Waals surface area contributed by atoms with Crippen molar-refractivity contribution in [1.29, 1.82) is 0 Å². The summed E-state index contributed by atoms with van der Waals surface area (Å²) < 4.78 is 5.42. The summed E-state index contributed by atoms with van der Waals surface area (Å²) in [5, 5.41) is 6.78. The highest BCUT2D eigenvalue weighted by Gasteiger charge is 2.14. The van der Waals surface area contributed by atoms with Crippen molar-refractivity contribution in [2.75, 3.05) is 66.0 Å². The van der Waals surface area contributed by atoms with Crippen molar-refractivity contribution in [3.8, 4) is 5.75 Å². The predicted molar refractivity (Wildman–Crippen MR) is 134 cm³/mol. The Morgan fingerprint density at radius 3 is 2.45 bits per heavy atom. The third-order valence-corrected chi connectivity index (χ3v) is 5.29. The normalized spacial score (nSPS) is 15.6. The maximum absolute atomic E-state index is 5.42. The molecule has 1 aliphatic rings. The second-order valence-corrected chi connectivity index (χ2v) is 7.23. The van der Waals surface area contributed by atoms with Crippen LogP contribution in [0, 0.1) is 0 Å². The third-order valence-electron chi connectivity index (χ3n) is 5.29. The van der Waals surface area contributed by atoms with Gasteiger partial charge < -0.3 is 25.2 Å². The first-order valence-corrected chi connectivity index (χ1v) is 10.9. The highest BCUT2D eigenvalue weighted by molar-refractivity contribution is 14.0. The van der Waals surface area contributed by atoms with Crippen LogP contribution in [0.25, 0.3) is 0 Å². The van der Waals surface area contributed by atoms with E-state index >= 15 is 0 Å². The first-order chi connectivity index (χ1) is 13.8. The van der Waals surface area contributed by atoms with E-state index in [-0.39, 0.29) is 24.0 Å². The number of aliphatic imine (C=N–C) groups is 1. The Morgan fingerprint density at radius 2 is 1.76 bits per heavy atom. The number of ether oxygens (including phenoxy) is 1. The molecule has 166 valence electrons. The fraction of sp³-hybridized carbons (Fsp3) is 0.682. The highest BCUT2D eigenvalue weighted by Crippen LogP contribution is 2.17. The van der Waals surface area contributed by atoms with Crippen LogP contribution in [0.4, 0.5) is 0 Å². The van der Waals surface area contributed by atoms with Crippen molar-refractivity contribution in [2.24, 2.45) is 4.99 Å². The highest BCUT2D eigenvalue weighted by atomic mass is 127. The van der Waals surface area contributed by atoms with Crippen molar-refractivity contribution >= 4 is 29.9 Å². The van der Waals surface area contributed by atoms with Gasteiger partial charge in [0.15, 0.2) is 5.96 Å². The van der Waals surface area contributed by atoms with Crippen LogP contribution in [0.15, 0.2) is 29.3 Å². The van der Waals surface area contributed by atoms with Gasteiger partial charge in [0.25, 0.3) is 0 Å². The van der Waals surface area contributed by atoms with E-state index in [2.05, 4.69) is 46.4 Å². The number of halogens is 1. The molecule has 0 atom stereocenters. The molecule has 1 aromatic rings. The molecule has 6 nitrogen and oxygen atoms in total. The van der Waals surface area contributed by atoms with Gasteiger partial charge in [-0.25, -0.2) is 0 Å². The average molecular weight is 518 g/mol. The number of hydrogen-bond donors (Lipinski definition) is 2. The largest absolute Gasteiger partial charge is 0.496 e. The first-order valence-electron chi connectivity index (χ1n) is 10.9. The van der Waals surface area contributed by atoms with Crippen LogP contribution in [0.3, 0.4) is 0 Å². The molecular formula is C22H40IN5O. The maximum Gasteiger partial charge on any atom is 0.191 e. The zero-order chi connectivity index (χ0) is 20.0. The maximum atomic E-state index is 5.42. The number of nitrogens with zero attached hydrogens (tertiary/aromatic N) is 3. The number of guanidine groups is 1. The molecular weight excluding hydrogens is 477 g/mol. The Labute approximate surface area is 194 Å². The lowest BCUT2D eigenvalue weighted by molar-refractivity contribution is 0.136. The van der Waals surface area contributed by atoms with Crippen LogP contribution >= 0.6 is 24.0 Å². The van der Waals surface area contributed by atoms with Crippen molar-refractivity contribution in [2.45, 2.75) is 33.1 Å². The number of unbranched alkanes of at least 4 members (excludes halogenated alkanes) is 1. The van der Waals surface area contributed by atoms with Gasteiger partial charge in [0.05, 0.1) is 7.11 Å². The number of benzene rings is 1. The zero-order valence-corrected chi connectivity index (χ0v) is 20.8. The van der Waals surface area contributed by atoms with Gasteiger partial charge in [-0.1, -0.05) is 25.1 Å². The summed E-state index contributed by atoms with van der Waals surface area (Å²) in [7, 11) is 1.72. The van der Waals surface area contributed by atoms with Crippen LogP contribution in [-0.2, 0) is 6.42 Å². The molecule has 0 aliphatic carbocycles. The number of nitrogens with one attached hydrogen (secondary N) is 2. The van der Waals surface area contributed by atoms with E-state index in [4.69, 9.17) is 9.73 Å². The van der Waals surface area contributed by atoms with E-state index in [1.807, 2.05) is 12.1 Å². The lowest BCUT2D eigenvalue weighted by atomic mass is 10.1. The van der Waals surface area contributed by atoms with E-state index in [0.717, 1.165) is 44.2 Å². The Balaban J connectivity index is 0.00000420. The summed E-state index contributed by atoms with van der Waals surface area (Å²) >= 11 is 0. The standard InChI is InChI=1S/C22H39N5O.HI/c1-4-23-22(25-14-12-20-10-6-7-11-21(20)28-3)24-13-8-9-15-27-18-16-26(5-2)17-19-27;/h6-7,10-11H,4-5,8-9,12-19H2,1-3H3,(H2,23,24,25);1H. The molecule has 1 heterocycles. The Hall–Kier alpha value is -1.06. The summed E-state index contributed by atoms with van der Waals surface area (Å²) in [6, 6.07) is 8.19. The van der Waals surface area contributed by atoms with E-state index in [9.17, 15) is 0 Å². The van der Waals surface area contributed by atoms with Gasteiger partial charge in [-0.2, -0.15) is 0 Å². The number of piperazine rings is 1. The molecule has 1 saturated heterocycles. The number of para-hydroxylation sites is 1. The quantitative estimate of drug-likeness (QED) is 0.205. The lowest BCUT2D eigenvalue weighted by Crippen LogP contribution is -2.46. The average Bonchev–Trinajstić information content (AvgIpc) is 2.74. The minimum absolute atomic E-state index is 0. The smallest absolute Gasteiger partial charge is 0.191 e. The second-order valence-electron chi connectivity index (χ2n) is 7.23. The van der Waals surface area contributed by atoms with Crippen molar-refractivity contribution < 1.29 is 4.74 Å². The molecule has 0 saturated carbocycles. The summed E-state index contributed by atoms with van der Waals surface area (Å²) in [6.07, 6.45) is 3.27. The van der Waals surface area contributed by atoms with Crippen LogP contribution in [0.2, 0.25) is 0 Å². The fourth-order valence-electron chi connectivity index (χ4n) is 3.53. The number of methoxy groups -OCH3 is 1. The molecule has 0 radical (unpaired) electrons. The molecule has 1 aliphatic heterocycles. The van der Waals surface area contributed by atoms with Gasteiger partial charge >= 0.3 is 0 Å². The van der Waals surface area contributed by atoms with Crippen LogP contribution in [0.5, 0.6) is 5.75 Å². The Morgan fingerprint density at radius 1 is 1.03 bits per heavy atom. The molecule has 0 amide bonds. The summed E-state index contributed by atoms with van der Waals surface area (Å²) in [4.78, 5) is 9.85. The Kier molecular flexibility index (Phi) is 14.1. The molecule has 0 aromatic heterocycles. The van der Waals surface area contributed by atoms with Crippen molar-refractivity contribution in [3.05, 3.63) is 29.8 Å². The molecule has 0 spiro atoms. The van der Waals surface area contributed by atoms with Gasteiger partial charge in [-0.15, -0.1) is 24.0 Å². The zero-order valence-electron chi connectivity index (χ0n) is 18.5. The molecule has 1 aromatic carbocycles. The topological polar surface area (TPSA) is 52.1 Å². The third kappa shape index (κ3) is 10.00. The number of likely N-dealkylation sites (N-methyl/N-ethyl adjacent to an activating group) is 1. The van der Waals surface area contributed by atoms with E-state index in [1.165, 1.54) is 51.3 Å². The van der Waals surface area contributed by atoms with Gasteiger partial charge in [-0.3, -0.25) is 4.99 Å². The molecule has 2 N–H and O–H groups in total. The van der Waals surface area contributed by atoms with Crippen LogP contribution in [0.1, 0.15) is 32.3 Å². The summed E-state index contributed by atoms with van der Waals surface area (Å²) in [5.74, 6) is 1.86. The fourth-order valence-corrected chi connectivity index (χ4v) is 3.53. The monoisotopic (exact) mass is 517 g/mol. The second kappa shape index (κ2) is 15.7. The van der Waals surface area contributed by atoms with Crippen LogP contribution in [-0.4, -0.2) is 81.8 Å². The van der Waals surface area contributed by atoms with E-state index in [1.54, 1.807) is 7.11 Å². The predicted octanol–water partition coefficient (Wildman–Crippen LogP) is 2.83. The molecule has 7 heteroatoms. The molecule has 29 heavy (non-hydrogen) atoms. The first kappa shape index (κ1) is 26.0. The number of rotatable bonds is 11. The van der Waals surface area contributed by atoms with Gasteiger partial charge in [0.2, 0.25) is 0 Å². The Bertz CT molecular complexity index is 576. The summed E-state index contributed by atoms with van der Waals surface area (Å²) in [6.45, 7) is 14.2. The van der Waals surface area contributed by atoms with E-state index < -0.39 is 0 Å². The minimum Gasteiger partial charge on any atom is -0.496 e.